The van der Waals surface area contributed by atoms with Gasteiger partial charge in [0.2, 0.25) is 0 Å². The molecule has 3 aromatic heterocycles. The second-order valence-electron chi connectivity index (χ2n) is 11.9. The van der Waals surface area contributed by atoms with Crippen molar-refractivity contribution in [1.29, 1.82) is 0 Å². The van der Waals surface area contributed by atoms with E-state index in [0.29, 0.717) is 0 Å². The van der Waals surface area contributed by atoms with Crippen LogP contribution in [0.1, 0.15) is 11.3 Å². The molecule has 0 saturated heterocycles. The maximum atomic E-state index is 4.48. The molecule has 2 nitrogen and oxygen atoms in total. The SMILES string of the molecule is C=c1/c(=C\c2c(C)c3cc(-c4ccc5c(c4)c4ccccc4n5-c4ccccc4)ccc3n2-c2ccccc2)sc2ccccc12. The largest absolute Gasteiger partial charge is 0.310 e. The van der Waals surface area contributed by atoms with Gasteiger partial charge in [0, 0.05) is 36.8 Å². The summed E-state index contributed by atoms with van der Waals surface area (Å²) in [5.74, 6) is 0. The third-order valence-electron chi connectivity index (χ3n) is 9.30. The molecule has 0 aliphatic heterocycles. The fourth-order valence-electron chi connectivity index (χ4n) is 7.04. The summed E-state index contributed by atoms with van der Waals surface area (Å²) in [4.78, 5) is 0. The fraction of sp³-hybridized carbons (Fsp3) is 0.0233. The van der Waals surface area contributed by atoms with Crippen molar-refractivity contribution >= 4 is 66.8 Å². The van der Waals surface area contributed by atoms with Gasteiger partial charge < -0.3 is 9.13 Å². The summed E-state index contributed by atoms with van der Waals surface area (Å²) in [7, 11) is 0. The van der Waals surface area contributed by atoms with Gasteiger partial charge in [-0.2, -0.15) is 0 Å². The lowest BCUT2D eigenvalue weighted by Crippen LogP contribution is -2.17. The van der Waals surface area contributed by atoms with Crippen molar-refractivity contribution in [2.24, 2.45) is 0 Å². The van der Waals surface area contributed by atoms with Gasteiger partial charge >= 0.3 is 0 Å². The van der Waals surface area contributed by atoms with E-state index in [0.717, 1.165) is 10.9 Å². The number of thiophene rings is 1. The Kier molecular flexibility index (Phi) is 6.09. The Morgan fingerprint density at radius 1 is 0.522 bits per heavy atom. The van der Waals surface area contributed by atoms with Crippen molar-refractivity contribution in [3.05, 3.63) is 167 Å². The number of aryl methyl sites for hydroxylation is 1. The van der Waals surface area contributed by atoms with Crippen molar-refractivity contribution in [2.75, 3.05) is 0 Å². The van der Waals surface area contributed by atoms with Gasteiger partial charge in [0.15, 0.2) is 0 Å². The van der Waals surface area contributed by atoms with Crippen molar-refractivity contribution in [3.63, 3.8) is 0 Å². The molecule has 218 valence electrons. The Hall–Kier alpha value is -5.64. The normalized spacial score (nSPS) is 12.2. The van der Waals surface area contributed by atoms with Crippen LogP contribution in [0.5, 0.6) is 0 Å². The molecule has 0 aliphatic carbocycles. The summed E-state index contributed by atoms with van der Waals surface area (Å²) in [6.45, 7) is 6.73. The van der Waals surface area contributed by atoms with Crippen LogP contribution >= 0.6 is 11.3 Å². The first-order valence-corrected chi connectivity index (χ1v) is 16.4. The highest BCUT2D eigenvalue weighted by Gasteiger charge is 2.17. The molecule has 46 heavy (non-hydrogen) atoms. The van der Waals surface area contributed by atoms with Crippen molar-refractivity contribution in [1.82, 2.24) is 9.13 Å². The standard InChI is InChI=1S/C43H30N2S/c1-28-36-25-30(31-22-24-40-37(26-31)35-18-9-11-19-38(35)44(40)32-13-5-3-6-14-32)21-23-39(36)45(33-15-7-4-8-16-33)41(28)27-43-29(2)34-17-10-12-20-42(34)46-43/h3-27H,2H2,1H3/b43-27+. The Balaban J connectivity index is 1.26. The highest BCUT2D eigenvalue weighted by molar-refractivity contribution is 7.17. The summed E-state index contributed by atoms with van der Waals surface area (Å²) >= 11 is 1.81. The molecular weight excluding hydrogens is 577 g/mol. The van der Waals surface area contributed by atoms with E-state index in [1.807, 2.05) is 11.3 Å². The molecule has 3 heterocycles. The molecule has 0 bridgehead atoms. The second-order valence-corrected chi connectivity index (χ2v) is 13.0. The summed E-state index contributed by atoms with van der Waals surface area (Å²) < 4.78 is 7.23. The van der Waals surface area contributed by atoms with Crippen molar-refractivity contribution in [2.45, 2.75) is 6.92 Å². The zero-order chi connectivity index (χ0) is 30.8. The molecule has 0 fully saturated rings. The summed E-state index contributed by atoms with van der Waals surface area (Å²) in [5, 5.41) is 6.10. The average molecular weight is 607 g/mol. The Morgan fingerprint density at radius 3 is 1.76 bits per heavy atom. The van der Waals surface area contributed by atoms with E-state index in [4.69, 9.17) is 0 Å². The van der Waals surface area contributed by atoms with Gasteiger partial charge in [-0.3, -0.25) is 0 Å². The molecule has 9 rings (SSSR count). The lowest BCUT2D eigenvalue weighted by atomic mass is 10.0. The maximum absolute atomic E-state index is 4.48. The Bertz CT molecular complexity index is 2710. The molecule has 0 aliphatic rings. The van der Waals surface area contributed by atoms with Crippen LogP contribution in [0.4, 0.5) is 0 Å². The van der Waals surface area contributed by atoms with E-state index < -0.39 is 0 Å². The van der Waals surface area contributed by atoms with Crippen LogP contribution in [0.3, 0.4) is 0 Å². The van der Waals surface area contributed by atoms with Crippen LogP contribution in [0.25, 0.3) is 78.0 Å². The smallest absolute Gasteiger partial charge is 0.0541 e. The summed E-state index contributed by atoms with van der Waals surface area (Å²) in [6, 6.07) is 52.4. The van der Waals surface area contributed by atoms with Crippen LogP contribution in [0.2, 0.25) is 0 Å². The van der Waals surface area contributed by atoms with Gasteiger partial charge in [-0.05, 0) is 101 Å². The summed E-state index contributed by atoms with van der Waals surface area (Å²) in [5.41, 5.74) is 10.8. The maximum Gasteiger partial charge on any atom is 0.0541 e. The highest BCUT2D eigenvalue weighted by atomic mass is 32.1. The van der Waals surface area contributed by atoms with E-state index in [1.54, 1.807) is 0 Å². The summed E-state index contributed by atoms with van der Waals surface area (Å²) in [6.07, 6.45) is 2.33. The lowest BCUT2D eigenvalue weighted by molar-refractivity contribution is 1.10. The number of benzene rings is 6. The molecule has 0 atom stereocenters. The minimum Gasteiger partial charge on any atom is -0.310 e. The van der Waals surface area contributed by atoms with Crippen LogP contribution in [-0.4, -0.2) is 9.13 Å². The van der Waals surface area contributed by atoms with Gasteiger partial charge in [-0.25, -0.2) is 0 Å². The zero-order valence-corrected chi connectivity index (χ0v) is 26.3. The molecule has 0 unspecified atom stereocenters. The first-order valence-electron chi connectivity index (χ1n) is 15.6. The Labute approximate surface area is 271 Å². The number of aromatic nitrogens is 2. The van der Waals surface area contributed by atoms with E-state index in [-0.39, 0.29) is 0 Å². The monoisotopic (exact) mass is 606 g/mol. The molecular formula is C43H30N2S. The first-order chi connectivity index (χ1) is 22.7. The number of fused-ring (bicyclic) bond motifs is 5. The minimum atomic E-state index is 1.09. The molecule has 9 aromatic rings. The average Bonchev–Trinajstić information content (AvgIpc) is 3.71. The lowest BCUT2D eigenvalue weighted by Gasteiger charge is -2.10. The number of hydrogen-bond donors (Lipinski definition) is 0. The molecule has 0 radical (unpaired) electrons. The number of nitrogens with zero attached hydrogens (tertiary/aromatic N) is 2. The van der Waals surface area contributed by atoms with Gasteiger partial charge in [0.1, 0.15) is 0 Å². The van der Waals surface area contributed by atoms with Crippen LogP contribution < -0.4 is 9.75 Å². The molecule has 6 aromatic carbocycles. The van der Waals surface area contributed by atoms with Gasteiger partial charge in [0.25, 0.3) is 0 Å². The molecule has 0 amide bonds. The Morgan fingerprint density at radius 2 is 1.07 bits per heavy atom. The fourth-order valence-corrected chi connectivity index (χ4v) is 8.13. The highest BCUT2D eigenvalue weighted by Crippen LogP contribution is 2.37. The third kappa shape index (κ3) is 4.09. The molecule has 0 spiro atoms. The third-order valence-corrected chi connectivity index (χ3v) is 10.5. The number of rotatable bonds is 4. The van der Waals surface area contributed by atoms with Crippen LogP contribution in [0, 0.1) is 6.92 Å². The van der Waals surface area contributed by atoms with Crippen LogP contribution in [0.15, 0.2) is 146 Å². The van der Waals surface area contributed by atoms with E-state index in [9.17, 15) is 0 Å². The second kappa shape index (κ2) is 10.5. The van der Waals surface area contributed by atoms with E-state index >= 15 is 0 Å². The minimum absolute atomic E-state index is 1.09. The quantitative estimate of drug-likeness (QED) is 0.189. The van der Waals surface area contributed by atoms with E-state index in [1.165, 1.54) is 75.4 Å². The molecule has 0 saturated carbocycles. The van der Waals surface area contributed by atoms with Crippen molar-refractivity contribution < 1.29 is 0 Å². The number of para-hydroxylation sites is 3. The molecule has 3 heteroatoms. The number of hydrogen-bond acceptors (Lipinski definition) is 1. The van der Waals surface area contributed by atoms with Crippen LogP contribution in [-0.2, 0) is 0 Å². The van der Waals surface area contributed by atoms with Crippen molar-refractivity contribution in [3.8, 4) is 22.5 Å². The van der Waals surface area contributed by atoms with Gasteiger partial charge in [-0.1, -0.05) is 91.5 Å². The van der Waals surface area contributed by atoms with Gasteiger partial charge in [-0.15, -0.1) is 11.3 Å². The van der Waals surface area contributed by atoms with Gasteiger partial charge in [0.05, 0.1) is 22.2 Å². The zero-order valence-electron chi connectivity index (χ0n) is 25.4. The predicted octanol–water partition coefficient (Wildman–Crippen LogP) is 10.2. The first kappa shape index (κ1) is 26.7. The van der Waals surface area contributed by atoms with E-state index in [2.05, 4.69) is 174 Å². The predicted molar refractivity (Wildman–Crippen MR) is 198 cm³/mol. The topological polar surface area (TPSA) is 9.86 Å². The molecule has 0 N–H and O–H groups in total.